The highest BCUT2D eigenvalue weighted by Gasteiger charge is 2.35. The number of hydrogen-bond acceptors (Lipinski definition) is 4. The van der Waals surface area contributed by atoms with E-state index in [1.807, 2.05) is 13.0 Å². The SMILES string of the molecule is CCCC(C(=O)OCC)N1CC(CCN)c2ccccc21. The number of nitrogens with two attached hydrogens (primary N) is 1. The molecule has 4 heteroatoms. The second-order valence-electron chi connectivity index (χ2n) is 5.54. The van der Waals surface area contributed by atoms with Crippen molar-refractivity contribution in [2.75, 3.05) is 24.6 Å². The fraction of sp³-hybridized carbons (Fsp3) is 0.588. The second kappa shape index (κ2) is 7.46. The Morgan fingerprint density at radius 1 is 1.43 bits per heavy atom. The molecule has 0 fully saturated rings. The fourth-order valence-electron chi connectivity index (χ4n) is 3.18. The predicted octanol–water partition coefficient (Wildman–Crippen LogP) is 2.67. The lowest BCUT2D eigenvalue weighted by molar-refractivity contribution is -0.144. The van der Waals surface area contributed by atoms with Gasteiger partial charge in [-0.3, -0.25) is 0 Å². The molecule has 1 heterocycles. The van der Waals surface area contributed by atoms with E-state index in [1.54, 1.807) is 0 Å². The van der Waals surface area contributed by atoms with E-state index in [9.17, 15) is 4.79 Å². The molecule has 0 amide bonds. The average Bonchev–Trinajstić information content (AvgIpc) is 2.84. The first-order valence-corrected chi connectivity index (χ1v) is 7.95. The molecule has 2 rings (SSSR count). The van der Waals surface area contributed by atoms with Crippen LogP contribution in [0.5, 0.6) is 0 Å². The molecule has 2 atom stereocenters. The molecule has 0 saturated carbocycles. The lowest BCUT2D eigenvalue weighted by Gasteiger charge is -2.28. The molecule has 21 heavy (non-hydrogen) atoms. The van der Waals surface area contributed by atoms with E-state index in [-0.39, 0.29) is 12.0 Å². The highest BCUT2D eigenvalue weighted by Crippen LogP contribution is 2.39. The van der Waals surface area contributed by atoms with Gasteiger partial charge in [0.25, 0.3) is 0 Å². The Bertz CT molecular complexity index is 476. The third-order valence-electron chi connectivity index (χ3n) is 4.12. The van der Waals surface area contributed by atoms with E-state index in [2.05, 4.69) is 30.0 Å². The molecule has 0 saturated heterocycles. The van der Waals surface area contributed by atoms with Crippen molar-refractivity contribution < 1.29 is 9.53 Å². The standard InChI is InChI=1S/C17H26N2O2/c1-3-7-16(17(20)21-4-2)19-12-13(10-11-18)14-8-5-6-9-15(14)19/h5-6,8-9,13,16H,3-4,7,10-12,18H2,1-2H3. The first-order chi connectivity index (χ1) is 10.2. The third kappa shape index (κ3) is 3.38. The number of anilines is 1. The Hall–Kier alpha value is -1.55. The number of rotatable bonds is 7. The normalized spacial score (nSPS) is 18.4. The highest BCUT2D eigenvalue weighted by atomic mass is 16.5. The van der Waals surface area contributed by atoms with E-state index < -0.39 is 0 Å². The molecule has 0 radical (unpaired) electrons. The van der Waals surface area contributed by atoms with Crippen molar-refractivity contribution >= 4 is 11.7 Å². The van der Waals surface area contributed by atoms with Crippen molar-refractivity contribution in [3.63, 3.8) is 0 Å². The van der Waals surface area contributed by atoms with Crippen LogP contribution in [-0.4, -0.2) is 31.7 Å². The summed E-state index contributed by atoms with van der Waals surface area (Å²) in [6.45, 7) is 5.92. The number of para-hydroxylation sites is 1. The van der Waals surface area contributed by atoms with Gasteiger partial charge in [0.2, 0.25) is 0 Å². The molecule has 2 unspecified atom stereocenters. The molecule has 1 aliphatic heterocycles. The predicted molar refractivity (Wildman–Crippen MR) is 85.5 cm³/mol. The number of ether oxygens (including phenoxy) is 1. The molecular formula is C17H26N2O2. The number of nitrogens with zero attached hydrogens (tertiary/aromatic N) is 1. The second-order valence-corrected chi connectivity index (χ2v) is 5.54. The minimum Gasteiger partial charge on any atom is -0.464 e. The van der Waals surface area contributed by atoms with Crippen LogP contribution < -0.4 is 10.6 Å². The summed E-state index contributed by atoms with van der Waals surface area (Å²) in [5.74, 6) is 0.308. The smallest absolute Gasteiger partial charge is 0.328 e. The van der Waals surface area contributed by atoms with E-state index in [1.165, 1.54) is 11.3 Å². The summed E-state index contributed by atoms with van der Waals surface area (Å²) in [5, 5.41) is 0. The van der Waals surface area contributed by atoms with Gasteiger partial charge in [-0.25, -0.2) is 4.79 Å². The van der Waals surface area contributed by atoms with Crippen molar-refractivity contribution in [1.82, 2.24) is 0 Å². The summed E-state index contributed by atoms with van der Waals surface area (Å²) in [6, 6.07) is 8.17. The Morgan fingerprint density at radius 2 is 2.19 bits per heavy atom. The molecule has 0 bridgehead atoms. The quantitative estimate of drug-likeness (QED) is 0.784. The first-order valence-electron chi connectivity index (χ1n) is 7.95. The third-order valence-corrected chi connectivity index (χ3v) is 4.12. The van der Waals surface area contributed by atoms with Gasteiger partial charge in [0, 0.05) is 18.2 Å². The number of carbonyl (C=O) groups is 1. The number of fused-ring (bicyclic) bond motifs is 1. The molecule has 4 nitrogen and oxygen atoms in total. The summed E-state index contributed by atoms with van der Waals surface area (Å²) in [5.41, 5.74) is 8.23. The van der Waals surface area contributed by atoms with Crippen molar-refractivity contribution in [3.05, 3.63) is 29.8 Å². The molecule has 1 aromatic carbocycles. The van der Waals surface area contributed by atoms with Gasteiger partial charge in [0.05, 0.1) is 6.61 Å². The number of carbonyl (C=O) groups excluding carboxylic acids is 1. The van der Waals surface area contributed by atoms with Crippen LogP contribution in [0.2, 0.25) is 0 Å². The van der Waals surface area contributed by atoms with Gasteiger partial charge in [0.15, 0.2) is 0 Å². The van der Waals surface area contributed by atoms with Gasteiger partial charge in [-0.2, -0.15) is 0 Å². The average molecular weight is 290 g/mol. The molecule has 1 aromatic rings. The van der Waals surface area contributed by atoms with E-state index in [4.69, 9.17) is 10.5 Å². The maximum Gasteiger partial charge on any atom is 0.328 e. The lowest BCUT2D eigenvalue weighted by Crippen LogP contribution is -2.41. The van der Waals surface area contributed by atoms with Crippen molar-refractivity contribution in [2.45, 2.75) is 45.1 Å². The molecule has 1 aliphatic rings. The molecule has 0 spiro atoms. The molecular weight excluding hydrogens is 264 g/mol. The van der Waals surface area contributed by atoms with Gasteiger partial charge in [0.1, 0.15) is 6.04 Å². The minimum atomic E-state index is -0.182. The maximum absolute atomic E-state index is 12.3. The van der Waals surface area contributed by atoms with Gasteiger partial charge in [-0.15, -0.1) is 0 Å². The highest BCUT2D eigenvalue weighted by molar-refractivity contribution is 5.81. The van der Waals surface area contributed by atoms with Crippen LogP contribution in [0, 0.1) is 0 Å². The summed E-state index contributed by atoms with van der Waals surface area (Å²) >= 11 is 0. The Labute approximate surface area is 127 Å². The van der Waals surface area contributed by atoms with Gasteiger partial charge in [-0.1, -0.05) is 31.5 Å². The van der Waals surface area contributed by atoms with Gasteiger partial charge >= 0.3 is 5.97 Å². The van der Waals surface area contributed by atoms with Crippen LogP contribution in [0.1, 0.15) is 44.6 Å². The van der Waals surface area contributed by atoms with Crippen molar-refractivity contribution in [1.29, 1.82) is 0 Å². The van der Waals surface area contributed by atoms with E-state index >= 15 is 0 Å². The zero-order chi connectivity index (χ0) is 15.2. The Kier molecular flexibility index (Phi) is 5.62. The summed E-state index contributed by atoms with van der Waals surface area (Å²) < 4.78 is 5.27. The van der Waals surface area contributed by atoms with E-state index in [0.717, 1.165) is 25.8 Å². The number of hydrogen-bond donors (Lipinski definition) is 1. The topological polar surface area (TPSA) is 55.6 Å². The van der Waals surface area contributed by atoms with Gasteiger partial charge < -0.3 is 15.4 Å². The zero-order valence-corrected chi connectivity index (χ0v) is 13.0. The van der Waals surface area contributed by atoms with Crippen molar-refractivity contribution in [2.24, 2.45) is 5.73 Å². The summed E-state index contributed by atoms with van der Waals surface area (Å²) in [7, 11) is 0. The monoisotopic (exact) mass is 290 g/mol. The molecule has 2 N–H and O–H groups in total. The lowest BCUT2D eigenvalue weighted by atomic mass is 9.98. The van der Waals surface area contributed by atoms with Crippen LogP contribution in [0.3, 0.4) is 0 Å². The molecule has 0 aliphatic carbocycles. The molecule has 116 valence electrons. The Morgan fingerprint density at radius 3 is 2.86 bits per heavy atom. The van der Waals surface area contributed by atoms with Crippen LogP contribution in [0.25, 0.3) is 0 Å². The van der Waals surface area contributed by atoms with Crippen LogP contribution in [0.4, 0.5) is 5.69 Å². The maximum atomic E-state index is 12.3. The van der Waals surface area contributed by atoms with E-state index in [0.29, 0.717) is 19.1 Å². The largest absolute Gasteiger partial charge is 0.464 e. The van der Waals surface area contributed by atoms with Crippen LogP contribution >= 0.6 is 0 Å². The van der Waals surface area contributed by atoms with Gasteiger partial charge in [-0.05, 0) is 37.9 Å². The van der Waals surface area contributed by atoms with Crippen LogP contribution in [0.15, 0.2) is 24.3 Å². The first kappa shape index (κ1) is 15.8. The summed E-state index contributed by atoms with van der Waals surface area (Å²) in [4.78, 5) is 14.5. The van der Waals surface area contributed by atoms with Crippen molar-refractivity contribution in [3.8, 4) is 0 Å². The summed E-state index contributed by atoms with van der Waals surface area (Å²) in [6.07, 6.45) is 2.74. The number of benzene rings is 1. The number of esters is 1. The Balaban J connectivity index is 2.27. The fourth-order valence-corrected chi connectivity index (χ4v) is 3.18. The molecule has 0 aromatic heterocycles. The zero-order valence-electron chi connectivity index (χ0n) is 13.0. The van der Waals surface area contributed by atoms with Crippen LogP contribution in [-0.2, 0) is 9.53 Å². The minimum absolute atomic E-state index is 0.109.